The van der Waals surface area contributed by atoms with Crippen LogP contribution in [0.5, 0.6) is 0 Å². The number of fused-ring (bicyclic) bond motifs is 1. The second kappa shape index (κ2) is 6.54. The van der Waals surface area contributed by atoms with Crippen molar-refractivity contribution >= 4 is 23.5 Å². The average molecular weight is 290 g/mol. The zero-order valence-corrected chi connectivity index (χ0v) is 12.2. The maximum absolute atomic E-state index is 5.82. The van der Waals surface area contributed by atoms with Crippen molar-refractivity contribution < 1.29 is 9.47 Å². The van der Waals surface area contributed by atoms with Crippen LogP contribution in [0.25, 0.3) is 10.9 Å². The topological polar surface area (TPSA) is 34.6 Å². The lowest BCUT2D eigenvalue weighted by Crippen LogP contribution is -2.37. The molecule has 1 aromatic heterocycles. The number of aromatic nitrogens is 1. The molecule has 0 unspecified atom stereocenters. The van der Waals surface area contributed by atoms with Gasteiger partial charge in [-0.3, -0.25) is 9.88 Å². The van der Waals surface area contributed by atoms with Crippen molar-refractivity contribution in [3.8, 4) is 0 Å². The molecule has 2 heterocycles. The molecule has 4 nitrogen and oxygen atoms in total. The first kappa shape index (κ1) is 13.8. The summed E-state index contributed by atoms with van der Waals surface area (Å²) in [6.07, 6.45) is 1.79. The van der Waals surface area contributed by atoms with E-state index < -0.39 is 0 Å². The van der Waals surface area contributed by atoms with E-state index in [9.17, 15) is 0 Å². The monoisotopic (exact) mass is 290 g/mol. The predicted molar refractivity (Wildman–Crippen MR) is 81.0 cm³/mol. The summed E-state index contributed by atoms with van der Waals surface area (Å²) in [4.78, 5) is 7.54. The van der Waals surface area contributed by atoms with E-state index in [-0.39, 0.29) is 0 Å². The molecule has 0 amide bonds. The minimum Gasteiger partial charge on any atom is -0.379 e. The standard InChI is InChI=1S/C15H18N2O2S/c20-14-4-3-12(13-2-1-5-16-15(13)14)10-19-11-17-6-8-18-9-7-17/h1-5,20H,6-11H2. The Labute approximate surface area is 124 Å². The van der Waals surface area contributed by atoms with Gasteiger partial charge in [-0.1, -0.05) is 12.1 Å². The van der Waals surface area contributed by atoms with Gasteiger partial charge < -0.3 is 9.47 Å². The molecule has 0 spiro atoms. The van der Waals surface area contributed by atoms with Crippen LogP contribution in [0, 0.1) is 0 Å². The molecular formula is C15H18N2O2S. The molecule has 2 aromatic rings. The number of ether oxygens (including phenoxy) is 2. The van der Waals surface area contributed by atoms with Crippen LogP contribution in [0.3, 0.4) is 0 Å². The fourth-order valence-corrected chi connectivity index (χ4v) is 2.61. The average Bonchev–Trinajstić information content (AvgIpc) is 2.51. The highest BCUT2D eigenvalue weighted by Crippen LogP contribution is 2.23. The van der Waals surface area contributed by atoms with Gasteiger partial charge in [-0.15, -0.1) is 12.6 Å². The van der Waals surface area contributed by atoms with Crippen LogP contribution in [0.1, 0.15) is 5.56 Å². The van der Waals surface area contributed by atoms with Crippen molar-refractivity contribution in [2.24, 2.45) is 0 Å². The first-order chi connectivity index (χ1) is 9.84. The maximum Gasteiger partial charge on any atom is 0.0996 e. The van der Waals surface area contributed by atoms with Crippen LogP contribution in [-0.2, 0) is 16.1 Å². The van der Waals surface area contributed by atoms with E-state index in [0.29, 0.717) is 13.3 Å². The molecule has 0 atom stereocenters. The fourth-order valence-electron chi connectivity index (χ4n) is 2.36. The first-order valence-electron chi connectivity index (χ1n) is 6.78. The smallest absolute Gasteiger partial charge is 0.0996 e. The summed E-state index contributed by atoms with van der Waals surface area (Å²) in [5.74, 6) is 0. The van der Waals surface area contributed by atoms with Gasteiger partial charge in [0.05, 0.1) is 32.1 Å². The SMILES string of the molecule is Sc1ccc(COCN2CCOCC2)c2cccnc12. The van der Waals surface area contributed by atoms with Crippen molar-refractivity contribution in [3.63, 3.8) is 0 Å². The minimum absolute atomic E-state index is 0.591. The van der Waals surface area contributed by atoms with Gasteiger partial charge in [-0.2, -0.15) is 0 Å². The van der Waals surface area contributed by atoms with Crippen LogP contribution in [-0.4, -0.2) is 42.9 Å². The van der Waals surface area contributed by atoms with Crippen LogP contribution in [0.2, 0.25) is 0 Å². The molecule has 1 aliphatic rings. The minimum atomic E-state index is 0.591. The maximum atomic E-state index is 5.82. The molecule has 0 radical (unpaired) electrons. The Balaban J connectivity index is 1.67. The number of rotatable bonds is 4. The molecule has 20 heavy (non-hydrogen) atoms. The van der Waals surface area contributed by atoms with Gasteiger partial charge in [-0.25, -0.2) is 0 Å². The van der Waals surface area contributed by atoms with Gasteiger partial charge in [0.2, 0.25) is 0 Å². The van der Waals surface area contributed by atoms with E-state index in [1.807, 2.05) is 12.1 Å². The molecule has 1 saturated heterocycles. The summed E-state index contributed by atoms with van der Waals surface area (Å²) in [5.41, 5.74) is 2.09. The Morgan fingerprint density at radius 1 is 1.25 bits per heavy atom. The van der Waals surface area contributed by atoms with Crippen molar-refractivity contribution in [3.05, 3.63) is 36.0 Å². The quantitative estimate of drug-likeness (QED) is 0.877. The van der Waals surface area contributed by atoms with Crippen molar-refractivity contribution in [1.82, 2.24) is 9.88 Å². The van der Waals surface area contributed by atoms with Gasteiger partial charge in [0.25, 0.3) is 0 Å². The summed E-state index contributed by atoms with van der Waals surface area (Å²) < 4.78 is 11.1. The lowest BCUT2D eigenvalue weighted by Gasteiger charge is -2.26. The molecule has 5 heteroatoms. The summed E-state index contributed by atoms with van der Waals surface area (Å²) in [6, 6.07) is 8.05. The van der Waals surface area contributed by atoms with Crippen LogP contribution >= 0.6 is 12.6 Å². The number of nitrogens with zero attached hydrogens (tertiary/aromatic N) is 2. The van der Waals surface area contributed by atoms with E-state index in [2.05, 4.69) is 34.6 Å². The zero-order chi connectivity index (χ0) is 13.8. The number of benzene rings is 1. The first-order valence-corrected chi connectivity index (χ1v) is 7.23. The van der Waals surface area contributed by atoms with Gasteiger partial charge in [0.1, 0.15) is 0 Å². The van der Waals surface area contributed by atoms with E-state index in [0.717, 1.165) is 47.7 Å². The summed E-state index contributed by atoms with van der Waals surface area (Å²) >= 11 is 4.45. The van der Waals surface area contributed by atoms with Crippen molar-refractivity contribution in [1.29, 1.82) is 0 Å². The van der Waals surface area contributed by atoms with Crippen LogP contribution < -0.4 is 0 Å². The number of morpholine rings is 1. The summed E-state index contributed by atoms with van der Waals surface area (Å²) in [6.45, 7) is 4.71. The highest BCUT2D eigenvalue weighted by atomic mass is 32.1. The second-order valence-corrected chi connectivity index (χ2v) is 5.33. The Bertz CT molecular complexity index is 585. The molecule has 0 aliphatic carbocycles. The molecule has 3 rings (SSSR count). The third-order valence-electron chi connectivity index (χ3n) is 3.47. The van der Waals surface area contributed by atoms with E-state index in [4.69, 9.17) is 9.47 Å². The van der Waals surface area contributed by atoms with Gasteiger partial charge >= 0.3 is 0 Å². The highest BCUT2D eigenvalue weighted by Gasteiger charge is 2.10. The molecule has 1 fully saturated rings. The molecule has 106 valence electrons. The molecule has 1 aliphatic heterocycles. The normalized spacial score (nSPS) is 16.6. The van der Waals surface area contributed by atoms with Crippen LogP contribution in [0.4, 0.5) is 0 Å². The molecular weight excluding hydrogens is 272 g/mol. The Morgan fingerprint density at radius 2 is 2.10 bits per heavy atom. The number of hydrogen-bond donors (Lipinski definition) is 1. The van der Waals surface area contributed by atoms with E-state index in [1.165, 1.54) is 0 Å². The van der Waals surface area contributed by atoms with E-state index >= 15 is 0 Å². The third kappa shape index (κ3) is 3.12. The van der Waals surface area contributed by atoms with Crippen LogP contribution in [0.15, 0.2) is 35.4 Å². The Morgan fingerprint density at radius 3 is 2.95 bits per heavy atom. The van der Waals surface area contributed by atoms with Gasteiger partial charge in [0, 0.05) is 29.6 Å². The summed E-state index contributed by atoms with van der Waals surface area (Å²) in [7, 11) is 0. The van der Waals surface area contributed by atoms with Gasteiger partial charge in [-0.05, 0) is 17.7 Å². The Hall–Kier alpha value is -1.14. The predicted octanol–water partition coefficient (Wildman–Crippen LogP) is 2.33. The Kier molecular flexibility index (Phi) is 4.52. The van der Waals surface area contributed by atoms with E-state index in [1.54, 1.807) is 6.20 Å². The second-order valence-electron chi connectivity index (χ2n) is 4.85. The van der Waals surface area contributed by atoms with Crippen molar-refractivity contribution in [2.45, 2.75) is 11.5 Å². The largest absolute Gasteiger partial charge is 0.379 e. The van der Waals surface area contributed by atoms with Gasteiger partial charge in [0.15, 0.2) is 0 Å². The fraction of sp³-hybridized carbons (Fsp3) is 0.400. The molecule has 0 saturated carbocycles. The molecule has 0 bridgehead atoms. The zero-order valence-electron chi connectivity index (χ0n) is 11.3. The van der Waals surface area contributed by atoms with Crippen molar-refractivity contribution in [2.75, 3.05) is 33.0 Å². The number of hydrogen-bond acceptors (Lipinski definition) is 5. The molecule has 1 aromatic carbocycles. The molecule has 0 N–H and O–H groups in total. The lowest BCUT2D eigenvalue weighted by molar-refractivity contribution is -0.0376. The number of pyridine rings is 1. The number of thiol groups is 1. The lowest BCUT2D eigenvalue weighted by atomic mass is 10.1. The highest BCUT2D eigenvalue weighted by molar-refractivity contribution is 7.80. The third-order valence-corrected chi connectivity index (χ3v) is 3.83. The summed E-state index contributed by atoms with van der Waals surface area (Å²) in [5, 5.41) is 1.11.